The fraction of sp³-hybridized carbons (Fsp3) is 0.474. The molecule has 21 heavy (non-hydrogen) atoms. The van der Waals surface area contributed by atoms with E-state index in [1.54, 1.807) is 0 Å². The van der Waals surface area contributed by atoms with E-state index in [2.05, 4.69) is 56.4 Å². The first kappa shape index (κ1) is 16.3. The lowest BCUT2D eigenvalue weighted by molar-refractivity contribution is 0.417. The highest BCUT2D eigenvalue weighted by atomic mass is 35.5. The molecular formula is C19H26ClN. The van der Waals surface area contributed by atoms with Crippen molar-refractivity contribution in [3.8, 4) is 0 Å². The van der Waals surface area contributed by atoms with Gasteiger partial charge in [0, 0.05) is 15.9 Å². The van der Waals surface area contributed by atoms with Gasteiger partial charge in [0.1, 0.15) is 0 Å². The van der Waals surface area contributed by atoms with Gasteiger partial charge in [-0.2, -0.15) is 0 Å². The lowest BCUT2D eigenvalue weighted by Gasteiger charge is -2.20. The molecule has 0 heterocycles. The van der Waals surface area contributed by atoms with Gasteiger partial charge in [-0.3, -0.25) is 0 Å². The van der Waals surface area contributed by atoms with Gasteiger partial charge in [-0.25, -0.2) is 0 Å². The van der Waals surface area contributed by atoms with Gasteiger partial charge in [-0.15, -0.1) is 0 Å². The van der Waals surface area contributed by atoms with Crippen molar-refractivity contribution in [3.63, 3.8) is 0 Å². The van der Waals surface area contributed by atoms with Crippen LogP contribution in [0, 0.1) is 0 Å². The minimum atomic E-state index is 0.229. The third-order valence-corrected chi connectivity index (χ3v) is 4.07. The van der Waals surface area contributed by atoms with E-state index in [9.17, 15) is 0 Å². The molecular weight excluding hydrogens is 278 g/mol. The van der Waals surface area contributed by atoms with Gasteiger partial charge >= 0.3 is 0 Å². The summed E-state index contributed by atoms with van der Waals surface area (Å²) in [5.41, 5.74) is 1.64. The molecule has 0 spiro atoms. The minimum Gasteiger partial charge on any atom is -0.312 e. The average Bonchev–Trinajstić information content (AvgIpc) is 2.44. The summed E-state index contributed by atoms with van der Waals surface area (Å²) < 4.78 is 0. The number of benzene rings is 2. The summed E-state index contributed by atoms with van der Waals surface area (Å²) in [5.74, 6) is 0. The molecule has 0 radical (unpaired) electrons. The quantitative estimate of drug-likeness (QED) is 0.685. The largest absolute Gasteiger partial charge is 0.312 e. The van der Waals surface area contributed by atoms with E-state index in [4.69, 9.17) is 11.6 Å². The molecule has 0 atom stereocenters. The van der Waals surface area contributed by atoms with Crippen LogP contribution >= 0.6 is 11.6 Å². The molecule has 0 aliphatic heterocycles. The summed E-state index contributed by atoms with van der Waals surface area (Å²) in [5, 5.41) is 6.87. The Morgan fingerprint density at radius 1 is 0.905 bits per heavy atom. The summed E-state index contributed by atoms with van der Waals surface area (Å²) in [4.78, 5) is 0. The first-order valence-corrected chi connectivity index (χ1v) is 8.26. The molecule has 2 rings (SSSR count). The highest BCUT2D eigenvalue weighted by molar-refractivity contribution is 6.35. The van der Waals surface area contributed by atoms with Crippen LogP contribution in [0.4, 0.5) is 0 Å². The van der Waals surface area contributed by atoms with E-state index in [1.807, 2.05) is 6.07 Å². The number of hydrogen-bond donors (Lipinski definition) is 1. The third kappa shape index (κ3) is 5.01. The molecule has 0 bridgehead atoms. The third-order valence-electron chi connectivity index (χ3n) is 3.74. The van der Waals surface area contributed by atoms with Gasteiger partial charge < -0.3 is 5.32 Å². The maximum atomic E-state index is 6.27. The summed E-state index contributed by atoms with van der Waals surface area (Å²) in [6, 6.07) is 12.6. The topological polar surface area (TPSA) is 12.0 Å². The monoisotopic (exact) mass is 303 g/mol. The van der Waals surface area contributed by atoms with Crippen molar-refractivity contribution in [1.29, 1.82) is 0 Å². The van der Waals surface area contributed by atoms with Crippen molar-refractivity contribution in [1.82, 2.24) is 5.32 Å². The van der Waals surface area contributed by atoms with Gasteiger partial charge in [0.2, 0.25) is 0 Å². The molecule has 0 unspecified atom stereocenters. The second-order valence-electron chi connectivity index (χ2n) is 6.74. The number of hydrogen-bond acceptors (Lipinski definition) is 1. The Balaban J connectivity index is 1.86. The molecule has 2 heteroatoms. The molecule has 0 aromatic heterocycles. The first-order chi connectivity index (χ1) is 9.97. The van der Waals surface area contributed by atoms with Crippen molar-refractivity contribution >= 4 is 22.4 Å². The van der Waals surface area contributed by atoms with Gasteiger partial charge in [-0.1, -0.05) is 48.4 Å². The van der Waals surface area contributed by atoms with Gasteiger partial charge in [0.05, 0.1) is 0 Å². The van der Waals surface area contributed by atoms with Crippen LogP contribution in [0.3, 0.4) is 0 Å². The predicted octanol–water partition coefficient (Wildman–Crippen LogP) is 5.59. The van der Waals surface area contributed by atoms with E-state index in [0.29, 0.717) is 0 Å². The van der Waals surface area contributed by atoms with Gasteiger partial charge in [-0.05, 0) is 63.6 Å². The molecule has 2 aromatic rings. The Morgan fingerprint density at radius 3 is 2.33 bits per heavy atom. The standard InChI is InChI=1S/C19H26ClN/c1-19(2,3)21-14-8-4-5-9-15-12-13-18(20)17-11-7-6-10-16(15)17/h6-7,10-13,21H,4-5,8-9,14H2,1-3H3. The second kappa shape index (κ2) is 7.29. The van der Waals surface area contributed by atoms with E-state index >= 15 is 0 Å². The van der Waals surface area contributed by atoms with Crippen LogP contribution in [0.25, 0.3) is 10.8 Å². The van der Waals surface area contributed by atoms with Crippen LogP contribution in [0.5, 0.6) is 0 Å². The number of unbranched alkanes of at least 4 members (excludes halogenated alkanes) is 2. The van der Waals surface area contributed by atoms with Crippen LogP contribution in [-0.2, 0) is 6.42 Å². The zero-order chi connectivity index (χ0) is 15.3. The number of aryl methyl sites for hydroxylation is 1. The highest BCUT2D eigenvalue weighted by Crippen LogP contribution is 2.27. The van der Waals surface area contributed by atoms with E-state index in [0.717, 1.165) is 18.0 Å². The predicted molar refractivity (Wildman–Crippen MR) is 94.3 cm³/mol. The van der Waals surface area contributed by atoms with Crippen LogP contribution in [0.2, 0.25) is 5.02 Å². The molecule has 1 nitrogen and oxygen atoms in total. The second-order valence-corrected chi connectivity index (χ2v) is 7.15. The summed E-state index contributed by atoms with van der Waals surface area (Å²) >= 11 is 6.27. The molecule has 2 aromatic carbocycles. The normalized spacial score (nSPS) is 12.0. The Morgan fingerprint density at radius 2 is 1.62 bits per heavy atom. The van der Waals surface area contributed by atoms with Crippen LogP contribution < -0.4 is 5.32 Å². The highest BCUT2D eigenvalue weighted by Gasteiger charge is 2.07. The fourth-order valence-electron chi connectivity index (χ4n) is 2.62. The van der Waals surface area contributed by atoms with Crippen molar-refractivity contribution in [2.45, 2.75) is 52.0 Å². The summed E-state index contributed by atoms with van der Waals surface area (Å²) in [6.07, 6.45) is 4.87. The van der Waals surface area contributed by atoms with E-state index in [-0.39, 0.29) is 5.54 Å². The van der Waals surface area contributed by atoms with Crippen molar-refractivity contribution in [2.24, 2.45) is 0 Å². The number of halogens is 1. The maximum absolute atomic E-state index is 6.27. The number of rotatable bonds is 6. The Hall–Kier alpha value is -1.05. The molecule has 114 valence electrons. The van der Waals surface area contributed by atoms with Gasteiger partial charge in [0.15, 0.2) is 0 Å². The van der Waals surface area contributed by atoms with Crippen LogP contribution in [-0.4, -0.2) is 12.1 Å². The zero-order valence-corrected chi connectivity index (χ0v) is 14.1. The molecule has 0 aliphatic carbocycles. The number of fused-ring (bicyclic) bond motifs is 1. The summed E-state index contributed by atoms with van der Waals surface area (Å²) in [6.45, 7) is 7.75. The van der Waals surface area contributed by atoms with Gasteiger partial charge in [0.25, 0.3) is 0 Å². The first-order valence-electron chi connectivity index (χ1n) is 7.88. The summed E-state index contributed by atoms with van der Waals surface area (Å²) in [7, 11) is 0. The average molecular weight is 304 g/mol. The maximum Gasteiger partial charge on any atom is 0.0484 e. The lowest BCUT2D eigenvalue weighted by Crippen LogP contribution is -2.36. The molecule has 0 saturated carbocycles. The minimum absolute atomic E-state index is 0.229. The molecule has 0 fully saturated rings. The van der Waals surface area contributed by atoms with E-state index < -0.39 is 0 Å². The SMILES string of the molecule is CC(C)(C)NCCCCCc1ccc(Cl)c2ccccc12. The fourth-order valence-corrected chi connectivity index (χ4v) is 2.85. The number of nitrogens with one attached hydrogen (secondary N) is 1. The molecule has 0 amide bonds. The Bertz CT molecular complexity index is 584. The zero-order valence-electron chi connectivity index (χ0n) is 13.4. The Labute approximate surface area is 133 Å². The van der Waals surface area contributed by atoms with Crippen molar-refractivity contribution in [3.05, 3.63) is 47.0 Å². The van der Waals surface area contributed by atoms with Crippen LogP contribution in [0.1, 0.15) is 45.6 Å². The van der Waals surface area contributed by atoms with Crippen molar-refractivity contribution in [2.75, 3.05) is 6.54 Å². The molecule has 0 aliphatic rings. The van der Waals surface area contributed by atoms with E-state index in [1.165, 1.54) is 35.6 Å². The smallest absolute Gasteiger partial charge is 0.0484 e. The van der Waals surface area contributed by atoms with Crippen molar-refractivity contribution < 1.29 is 0 Å². The lowest BCUT2D eigenvalue weighted by atomic mass is 9.99. The van der Waals surface area contributed by atoms with Crippen LogP contribution in [0.15, 0.2) is 36.4 Å². The molecule has 1 N–H and O–H groups in total. The molecule has 0 saturated heterocycles. The Kier molecular flexibility index (Phi) is 5.66.